The van der Waals surface area contributed by atoms with Gasteiger partial charge in [0, 0.05) is 68.5 Å². The molecule has 4 heterocycles. The van der Waals surface area contributed by atoms with Crippen molar-refractivity contribution >= 4 is 23.8 Å². The average molecular weight is 635 g/mol. The van der Waals surface area contributed by atoms with Gasteiger partial charge in [0.25, 0.3) is 0 Å². The molecule has 2 aliphatic rings. The first kappa shape index (κ1) is 36.4. The fraction of sp³-hybridized carbons (Fsp3) is 0.556. The highest BCUT2D eigenvalue weighted by atomic mass is 16.6. The molecule has 2 amide bonds. The van der Waals surface area contributed by atoms with Crippen LogP contribution in [0, 0.1) is 11.8 Å². The van der Waals surface area contributed by atoms with Gasteiger partial charge >= 0.3 is 12.2 Å². The number of pyridine rings is 2. The number of aromatic nitrogens is 2. The molecular formula is C36H50N4O6. The Hall–Kier alpha value is -4.08. The number of hydrogen-bond acceptors (Lipinski definition) is 8. The number of hydrogen-bond donors (Lipinski definition) is 0. The molecule has 2 saturated heterocycles. The number of Topliss-reactive ketones (excluding diaryl/α,β-unsaturated/α-hetero) is 1. The van der Waals surface area contributed by atoms with Crippen molar-refractivity contribution in [1.82, 2.24) is 19.8 Å². The van der Waals surface area contributed by atoms with Crippen LogP contribution in [0.4, 0.5) is 9.59 Å². The molecule has 0 aromatic carbocycles. The summed E-state index contributed by atoms with van der Waals surface area (Å²) in [5.41, 5.74) is 0.349. The van der Waals surface area contributed by atoms with E-state index in [0.29, 0.717) is 55.6 Å². The van der Waals surface area contributed by atoms with Gasteiger partial charge in [-0.2, -0.15) is 0 Å². The molecule has 0 aliphatic carbocycles. The van der Waals surface area contributed by atoms with Crippen LogP contribution in [-0.4, -0.2) is 80.9 Å². The quantitative estimate of drug-likeness (QED) is 0.233. The van der Waals surface area contributed by atoms with Gasteiger partial charge in [0.1, 0.15) is 11.2 Å². The molecule has 10 nitrogen and oxygen atoms in total. The second-order valence-corrected chi connectivity index (χ2v) is 13.9. The monoisotopic (exact) mass is 634 g/mol. The second-order valence-electron chi connectivity index (χ2n) is 13.9. The summed E-state index contributed by atoms with van der Waals surface area (Å²) in [6, 6.07) is 7.10. The van der Waals surface area contributed by atoms with Gasteiger partial charge in [-0.1, -0.05) is 6.08 Å². The summed E-state index contributed by atoms with van der Waals surface area (Å²) in [5, 5.41) is 0. The number of carbonyl (C=O) groups excluding carboxylic acids is 4. The van der Waals surface area contributed by atoms with Gasteiger partial charge in [-0.15, -0.1) is 0 Å². The Balaban J connectivity index is 0.000000250. The van der Waals surface area contributed by atoms with Gasteiger partial charge in [0.2, 0.25) is 0 Å². The lowest BCUT2D eigenvalue weighted by molar-refractivity contribution is 0.0175. The molecule has 2 aliphatic heterocycles. The summed E-state index contributed by atoms with van der Waals surface area (Å²) < 4.78 is 10.8. The van der Waals surface area contributed by atoms with Crippen molar-refractivity contribution < 1.29 is 28.7 Å². The molecule has 2 aromatic heterocycles. The van der Waals surface area contributed by atoms with E-state index in [1.54, 1.807) is 64.9 Å². The van der Waals surface area contributed by atoms with E-state index in [1.807, 2.05) is 47.6 Å². The SMILES string of the molecule is CC(C)(C)OC(=O)N1CCC(/C=C/C(=O)c2cccnc2)CC1.CC(C)(C)OC(=O)N1CCC(CCC(=O)c2cccnc2)CC1. The molecule has 10 heteroatoms. The number of likely N-dealkylation sites (tertiary alicyclic amines) is 2. The highest BCUT2D eigenvalue weighted by Gasteiger charge is 2.28. The van der Waals surface area contributed by atoms with Crippen molar-refractivity contribution in [1.29, 1.82) is 0 Å². The predicted octanol–water partition coefficient (Wildman–Crippen LogP) is 7.16. The van der Waals surface area contributed by atoms with Crippen LogP contribution < -0.4 is 0 Å². The predicted molar refractivity (Wildman–Crippen MR) is 177 cm³/mol. The highest BCUT2D eigenvalue weighted by Crippen LogP contribution is 2.24. The lowest BCUT2D eigenvalue weighted by Crippen LogP contribution is -2.41. The van der Waals surface area contributed by atoms with E-state index in [0.717, 1.165) is 32.1 Å². The molecule has 0 spiro atoms. The van der Waals surface area contributed by atoms with Gasteiger partial charge in [-0.3, -0.25) is 19.6 Å². The summed E-state index contributed by atoms with van der Waals surface area (Å²) >= 11 is 0. The minimum Gasteiger partial charge on any atom is -0.444 e. The first-order valence-corrected chi connectivity index (χ1v) is 16.2. The number of piperidine rings is 2. The molecule has 46 heavy (non-hydrogen) atoms. The fourth-order valence-corrected chi connectivity index (χ4v) is 5.17. The molecule has 0 atom stereocenters. The molecule has 0 radical (unpaired) electrons. The van der Waals surface area contributed by atoms with E-state index in [2.05, 4.69) is 9.97 Å². The molecule has 4 rings (SSSR count). The second kappa shape index (κ2) is 17.0. The Morgan fingerprint density at radius 1 is 0.761 bits per heavy atom. The zero-order valence-corrected chi connectivity index (χ0v) is 28.2. The highest BCUT2D eigenvalue weighted by molar-refractivity contribution is 6.04. The first-order valence-electron chi connectivity index (χ1n) is 16.2. The van der Waals surface area contributed by atoms with Crippen LogP contribution in [0.2, 0.25) is 0 Å². The first-order chi connectivity index (χ1) is 21.7. The van der Waals surface area contributed by atoms with E-state index in [9.17, 15) is 19.2 Å². The van der Waals surface area contributed by atoms with Crippen molar-refractivity contribution in [3.05, 3.63) is 72.3 Å². The van der Waals surface area contributed by atoms with Crippen LogP contribution in [0.1, 0.15) is 101 Å². The normalized spacial score (nSPS) is 16.4. The Morgan fingerprint density at radius 2 is 1.24 bits per heavy atom. The van der Waals surface area contributed by atoms with Crippen molar-refractivity contribution in [3.8, 4) is 0 Å². The Bertz CT molecular complexity index is 1300. The van der Waals surface area contributed by atoms with Gasteiger partial charge in [-0.25, -0.2) is 9.59 Å². The number of nitrogens with zero attached hydrogens (tertiary/aromatic N) is 4. The number of amides is 2. The Morgan fingerprint density at radius 3 is 1.70 bits per heavy atom. The molecule has 0 unspecified atom stereocenters. The lowest BCUT2D eigenvalue weighted by Gasteiger charge is -2.33. The maximum Gasteiger partial charge on any atom is 0.410 e. The largest absolute Gasteiger partial charge is 0.444 e. The molecule has 250 valence electrons. The third-order valence-electron chi connectivity index (χ3n) is 7.69. The van der Waals surface area contributed by atoms with Gasteiger partial charge in [0.05, 0.1) is 0 Å². The maximum absolute atomic E-state index is 12.1. The van der Waals surface area contributed by atoms with Crippen LogP contribution >= 0.6 is 0 Å². The smallest absolute Gasteiger partial charge is 0.410 e. The van der Waals surface area contributed by atoms with Gasteiger partial charge in [0.15, 0.2) is 11.6 Å². The van der Waals surface area contributed by atoms with E-state index >= 15 is 0 Å². The van der Waals surface area contributed by atoms with Crippen molar-refractivity contribution in [2.75, 3.05) is 26.2 Å². The van der Waals surface area contributed by atoms with Crippen molar-refractivity contribution in [2.24, 2.45) is 11.8 Å². The molecule has 2 fully saturated rings. The Labute approximate surface area is 273 Å². The van der Waals surface area contributed by atoms with E-state index in [-0.39, 0.29) is 23.8 Å². The lowest BCUT2D eigenvalue weighted by atomic mass is 9.90. The van der Waals surface area contributed by atoms with E-state index in [4.69, 9.17) is 9.47 Å². The van der Waals surface area contributed by atoms with E-state index < -0.39 is 11.2 Å². The van der Waals surface area contributed by atoms with Crippen LogP contribution in [0.5, 0.6) is 0 Å². The Kier molecular flexibility index (Phi) is 13.5. The number of allylic oxidation sites excluding steroid dienone is 2. The third-order valence-corrected chi connectivity index (χ3v) is 7.69. The topological polar surface area (TPSA) is 119 Å². The molecule has 0 N–H and O–H groups in total. The molecule has 0 bridgehead atoms. The van der Waals surface area contributed by atoms with Crippen LogP contribution in [0.3, 0.4) is 0 Å². The minimum absolute atomic E-state index is 0.0346. The van der Waals surface area contributed by atoms with Crippen molar-refractivity contribution in [2.45, 2.75) is 91.3 Å². The van der Waals surface area contributed by atoms with Gasteiger partial charge in [-0.05, 0) is 116 Å². The standard InChI is InChI=1S/C18H26N2O3.C18H24N2O3/c2*1-18(2,3)23-17(22)20-11-8-14(9-12-20)6-7-16(21)15-5-4-10-19-13-15/h4-5,10,13-14H,6-9,11-12H2,1-3H3;4-7,10,13-14H,8-9,11-12H2,1-3H3/b;7-6+. The maximum atomic E-state index is 12.1. The van der Waals surface area contributed by atoms with Crippen LogP contribution in [0.15, 0.2) is 61.2 Å². The fourth-order valence-electron chi connectivity index (χ4n) is 5.17. The average Bonchev–Trinajstić information content (AvgIpc) is 3.02. The summed E-state index contributed by atoms with van der Waals surface area (Å²) in [7, 11) is 0. The zero-order chi connectivity index (χ0) is 33.7. The number of ketones is 2. The van der Waals surface area contributed by atoms with Crippen LogP contribution in [0.25, 0.3) is 0 Å². The zero-order valence-electron chi connectivity index (χ0n) is 28.2. The minimum atomic E-state index is -0.468. The van der Waals surface area contributed by atoms with Crippen LogP contribution in [-0.2, 0) is 9.47 Å². The number of carbonyl (C=O) groups is 4. The number of ether oxygens (including phenoxy) is 2. The van der Waals surface area contributed by atoms with Crippen molar-refractivity contribution in [3.63, 3.8) is 0 Å². The number of rotatable bonds is 7. The summed E-state index contributed by atoms with van der Waals surface area (Å²) in [6.45, 7) is 14.0. The van der Waals surface area contributed by atoms with E-state index in [1.165, 1.54) is 0 Å². The third kappa shape index (κ3) is 13.1. The summed E-state index contributed by atoms with van der Waals surface area (Å²) in [4.78, 5) is 59.5. The molecule has 2 aromatic rings. The van der Waals surface area contributed by atoms with Gasteiger partial charge < -0.3 is 19.3 Å². The summed E-state index contributed by atoms with van der Waals surface area (Å²) in [6.07, 6.45) is 14.5. The molecule has 0 saturated carbocycles. The summed E-state index contributed by atoms with van der Waals surface area (Å²) in [5.74, 6) is 0.920. The molecular weight excluding hydrogens is 584 g/mol.